The lowest BCUT2D eigenvalue weighted by atomic mass is 9.94. The Balaban J connectivity index is 1.23. The maximum atomic E-state index is 11.2. The maximum Gasteiger partial charge on any atom is 0.231 e. The molecule has 2 fully saturated rings. The minimum Gasteiger partial charge on any atom is -0.454 e. The van der Waals surface area contributed by atoms with Crippen molar-refractivity contribution in [3.63, 3.8) is 0 Å². The predicted molar refractivity (Wildman–Crippen MR) is 108 cm³/mol. The van der Waals surface area contributed by atoms with Crippen molar-refractivity contribution in [2.45, 2.75) is 43.5 Å². The first-order chi connectivity index (χ1) is 14.7. The number of rotatable bonds is 7. The third kappa shape index (κ3) is 3.89. The van der Waals surface area contributed by atoms with Crippen molar-refractivity contribution < 1.29 is 24.1 Å². The molecule has 0 aliphatic carbocycles. The summed E-state index contributed by atoms with van der Waals surface area (Å²) in [5.74, 6) is 1.52. The van der Waals surface area contributed by atoms with Gasteiger partial charge in [-0.1, -0.05) is 12.1 Å². The number of fused-ring (bicyclic) bond motifs is 3. The highest BCUT2D eigenvalue weighted by atomic mass is 16.7. The topological polar surface area (TPSA) is 85.3 Å². The van der Waals surface area contributed by atoms with Gasteiger partial charge in [-0.3, -0.25) is 9.88 Å². The molecule has 3 aliphatic heterocycles. The summed E-state index contributed by atoms with van der Waals surface area (Å²) < 4.78 is 22.8. The fraction of sp³-hybridized carbons (Fsp3) is 0.500. The van der Waals surface area contributed by atoms with Gasteiger partial charge >= 0.3 is 0 Å². The molecule has 0 spiro atoms. The van der Waals surface area contributed by atoms with E-state index in [0.717, 1.165) is 35.7 Å². The zero-order chi connectivity index (χ0) is 20.5. The third-order valence-electron chi connectivity index (χ3n) is 6.07. The van der Waals surface area contributed by atoms with E-state index in [-0.39, 0.29) is 25.0 Å². The van der Waals surface area contributed by atoms with Crippen LogP contribution in [0.3, 0.4) is 0 Å². The SMILES string of the molecule is CN(CCc1ccccn1)C1C2OCC(O2)C(NCc2ccc3c(c2)OCO3)C1O. The highest BCUT2D eigenvalue weighted by Crippen LogP contribution is 2.33. The van der Waals surface area contributed by atoms with E-state index >= 15 is 0 Å². The van der Waals surface area contributed by atoms with Crippen LogP contribution in [-0.4, -0.2) is 72.6 Å². The van der Waals surface area contributed by atoms with Gasteiger partial charge in [-0.15, -0.1) is 0 Å². The van der Waals surface area contributed by atoms with Crippen LogP contribution in [0.25, 0.3) is 0 Å². The van der Waals surface area contributed by atoms with Gasteiger partial charge in [-0.25, -0.2) is 0 Å². The number of nitrogens with one attached hydrogen (secondary N) is 1. The molecule has 2 N–H and O–H groups in total. The molecule has 8 heteroatoms. The number of likely N-dealkylation sites (N-methyl/N-ethyl adjacent to an activating group) is 1. The van der Waals surface area contributed by atoms with Gasteiger partial charge in [0.05, 0.1) is 24.8 Å². The lowest BCUT2D eigenvalue weighted by Crippen LogP contribution is -2.63. The van der Waals surface area contributed by atoms with E-state index in [9.17, 15) is 5.11 Å². The van der Waals surface area contributed by atoms with E-state index in [1.54, 1.807) is 6.20 Å². The fourth-order valence-electron chi connectivity index (χ4n) is 4.39. The molecule has 2 saturated heterocycles. The molecular weight excluding hydrogens is 386 g/mol. The van der Waals surface area contributed by atoms with E-state index < -0.39 is 12.4 Å². The first-order valence-corrected chi connectivity index (χ1v) is 10.4. The number of aromatic nitrogens is 1. The van der Waals surface area contributed by atoms with Gasteiger partial charge in [0.15, 0.2) is 17.8 Å². The molecule has 1 aromatic carbocycles. The number of pyridine rings is 1. The van der Waals surface area contributed by atoms with Crippen molar-refractivity contribution >= 4 is 0 Å². The number of hydrogen-bond acceptors (Lipinski definition) is 8. The molecule has 0 amide bonds. The molecule has 0 radical (unpaired) electrons. The highest BCUT2D eigenvalue weighted by molar-refractivity contribution is 5.44. The van der Waals surface area contributed by atoms with Crippen molar-refractivity contribution in [3.8, 4) is 11.5 Å². The van der Waals surface area contributed by atoms with E-state index in [1.165, 1.54) is 0 Å². The molecular formula is C22H27N3O5. The number of nitrogens with zero attached hydrogens (tertiary/aromatic N) is 2. The average molecular weight is 413 g/mol. The Kier molecular flexibility index (Phi) is 5.58. The lowest BCUT2D eigenvalue weighted by molar-refractivity contribution is -0.178. The quantitative estimate of drug-likeness (QED) is 0.694. The summed E-state index contributed by atoms with van der Waals surface area (Å²) >= 11 is 0. The summed E-state index contributed by atoms with van der Waals surface area (Å²) in [6.07, 6.45) is 1.40. The van der Waals surface area contributed by atoms with Crippen LogP contribution in [0.5, 0.6) is 11.5 Å². The van der Waals surface area contributed by atoms with E-state index in [4.69, 9.17) is 18.9 Å². The van der Waals surface area contributed by atoms with Gasteiger partial charge in [-0.05, 0) is 36.9 Å². The van der Waals surface area contributed by atoms with Crippen LogP contribution in [0.4, 0.5) is 0 Å². The minimum absolute atomic E-state index is 0.167. The Morgan fingerprint density at radius 1 is 1.20 bits per heavy atom. The van der Waals surface area contributed by atoms with Crippen LogP contribution >= 0.6 is 0 Å². The molecule has 160 valence electrons. The molecule has 8 nitrogen and oxygen atoms in total. The normalized spacial score (nSPS) is 29.5. The second-order valence-corrected chi connectivity index (χ2v) is 8.00. The van der Waals surface area contributed by atoms with Gasteiger partial charge in [-0.2, -0.15) is 0 Å². The second kappa shape index (κ2) is 8.49. The van der Waals surface area contributed by atoms with Gasteiger partial charge in [0.1, 0.15) is 6.10 Å². The van der Waals surface area contributed by atoms with Crippen molar-refractivity contribution in [1.29, 1.82) is 0 Å². The summed E-state index contributed by atoms with van der Waals surface area (Å²) in [6, 6.07) is 11.3. The molecule has 5 atom stereocenters. The fourth-order valence-corrected chi connectivity index (χ4v) is 4.39. The van der Waals surface area contributed by atoms with Gasteiger partial charge in [0, 0.05) is 31.4 Å². The predicted octanol–water partition coefficient (Wildman–Crippen LogP) is 0.928. The lowest BCUT2D eigenvalue weighted by Gasteiger charge is -2.42. The van der Waals surface area contributed by atoms with E-state index in [1.807, 2.05) is 43.4 Å². The summed E-state index contributed by atoms with van der Waals surface area (Å²) in [5.41, 5.74) is 2.09. The summed E-state index contributed by atoms with van der Waals surface area (Å²) in [7, 11) is 2.00. The van der Waals surface area contributed by atoms with Crippen LogP contribution in [0.2, 0.25) is 0 Å². The number of hydrogen-bond donors (Lipinski definition) is 2. The van der Waals surface area contributed by atoms with Crippen LogP contribution in [0, 0.1) is 0 Å². The van der Waals surface area contributed by atoms with E-state index in [2.05, 4.69) is 15.2 Å². The second-order valence-electron chi connectivity index (χ2n) is 8.00. The van der Waals surface area contributed by atoms with E-state index in [0.29, 0.717) is 13.2 Å². The molecule has 5 rings (SSSR count). The Bertz CT molecular complexity index is 867. The largest absolute Gasteiger partial charge is 0.454 e. The summed E-state index contributed by atoms with van der Waals surface area (Å²) in [4.78, 5) is 6.49. The van der Waals surface area contributed by atoms with Crippen molar-refractivity contribution in [1.82, 2.24) is 15.2 Å². The van der Waals surface area contributed by atoms with Crippen molar-refractivity contribution in [2.24, 2.45) is 0 Å². The first-order valence-electron chi connectivity index (χ1n) is 10.4. The number of benzene rings is 1. The number of aliphatic hydroxyl groups excluding tert-OH is 1. The Morgan fingerprint density at radius 2 is 2.10 bits per heavy atom. The van der Waals surface area contributed by atoms with Gasteiger partial charge in [0.25, 0.3) is 0 Å². The number of aliphatic hydroxyl groups is 1. The Morgan fingerprint density at radius 3 is 2.97 bits per heavy atom. The maximum absolute atomic E-state index is 11.2. The summed E-state index contributed by atoms with van der Waals surface area (Å²) in [5, 5.41) is 14.7. The first kappa shape index (κ1) is 19.7. The number of ether oxygens (including phenoxy) is 4. The standard InChI is InChI=1S/C22H27N3O5/c1-25(9-7-15-4-2-3-8-23-15)20-21(26)19(18-12-27-22(20)30-18)24-11-14-5-6-16-17(10-14)29-13-28-16/h2-6,8,10,18-22,24,26H,7,9,11-13H2,1H3. The zero-order valence-electron chi connectivity index (χ0n) is 16.9. The molecule has 3 aliphatic rings. The van der Waals surface area contributed by atoms with Crippen LogP contribution < -0.4 is 14.8 Å². The molecule has 0 saturated carbocycles. The minimum atomic E-state index is -0.612. The zero-order valence-corrected chi connectivity index (χ0v) is 16.9. The molecule has 2 bridgehead atoms. The summed E-state index contributed by atoms with van der Waals surface area (Å²) in [6.45, 7) is 2.08. The Labute approximate surface area is 175 Å². The van der Waals surface area contributed by atoms with Crippen molar-refractivity contribution in [2.75, 3.05) is 27.0 Å². The van der Waals surface area contributed by atoms with Crippen LogP contribution in [0.1, 0.15) is 11.3 Å². The molecule has 30 heavy (non-hydrogen) atoms. The van der Waals surface area contributed by atoms with Gasteiger partial charge < -0.3 is 29.4 Å². The molecule has 2 aromatic rings. The smallest absolute Gasteiger partial charge is 0.231 e. The van der Waals surface area contributed by atoms with Crippen LogP contribution in [0.15, 0.2) is 42.6 Å². The molecule has 1 aromatic heterocycles. The highest BCUT2D eigenvalue weighted by Gasteiger charge is 2.51. The third-order valence-corrected chi connectivity index (χ3v) is 6.07. The molecule has 5 unspecified atom stereocenters. The van der Waals surface area contributed by atoms with Crippen molar-refractivity contribution in [3.05, 3.63) is 53.9 Å². The monoisotopic (exact) mass is 413 g/mol. The molecule has 4 heterocycles. The average Bonchev–Trinajstić information content (AvgIpc) is 3.40. The van der Waals surface area contributed by atoms with Crippen LogP contribution in [-0.2, 0) is 22.4 Å². The van der Waals surface area contributed by atoms with Gasteiger partial charge in [0.2, 0.25) is 6.79 Å². The Hall–Kier alpha value is -2.23.